The third kappa shape index (κ3) is 2.79. The summed E-state index contributed by atoms with van der Waals surface area (Å²) in [5.41, 5.74) is 0.823. The number of aromatic amines is 1. The van der Waals surface area contributed by atoms with Gasteiger partial charge in [0.1, 0.15) is 17.1 Å². The molecule has 0 radical (unpaired) electrons. The SMILES string of the molecule is COc1ccc(Nc2nc[nH]c(=O)c2C(C)=N)cc1. The second kappa shape index (κ2) is 5.34. The van der Waals surface area contributed by atoms with Crippen LogP contribution in [0.25, 0.3) is 0 Å². The Balaban J connectivity index is 2.35. The lowest BCUT2D eigenvalue weighted by atomic mass is 10.2. The van der Waals surface area contributed by atoms with E-state index in [2.05, 4.69) is 15.3 Å². The van der Waals surface area contributed by atoms with Crippen molar-refractivity contribution >= 4 is 17.2 Å². The Morgan fingerprint density at radius 3 is 2.63 bits per heavy atom. The lowest BCUT2D eigenvalue weighted by molar-refractivity contribution is 0.415. The number of nitrogens with one attached hydrogen (secondary N) is 3. The number of methoxy groups -OCH3 is 1. The summed E-state index contributed by atoms with van der Waals surface area (Å²) in [6, 6.07) is 7.22. The average molecular weight is 258 g/mol. The maximum atomic E-state index is 11.7. The zero-order chi connectivity index (χ0) is 13.8. The fourth-order valence-corrected chi connectivity index (χ4v) is 1.65. The molecule has 19 heavy (non-hydrogen) atoms. The first-order chi connectivity index (χ1) is 9.11. The van der Waals surface area contributed by atoms with Crippen LogP contribution >= 0.6 is 0 Å². The summed E-state index contributed by atoms with van der Waals surface area (Å²) in [6.07, 6.45) is 1.31. The monoisotopic (exact) mass is 258 g/mol. The summed E-state index contributed by atoms with van der Waals surface area (Å²) in [4.78, 5) is 18.2. The molecule has 98 valence electrons. The number of nitrogens with zero attached hydrogens (tertiary/aromatic N) is 1. The number of anilines is 2. The third-order valence-corrected chi connectivity index (χ3v) is 2.58. The van der Waals surface area contributed by atoms with Gasteiger partial charge in [0.25, 0.3) is 5.56 Å². The standard InChI is InChI=1S/C13H14N4O2/c1-8(14)11-12(15-7-16-13(11)18)17-9-3-5-10(19-2)6-4-9/h3-7,14H,1-2H3,(H2,15,16,17,18). The minimum absolute atomic E-state index is 0.158. The molecule has 0 amide bonds. The summed E-state index contributed by atoms with van der Waals surface area (Å²) in [7, 11) is 1.59. The molecule has 2 rings (SSSR count). The van der Waals surface area contributed by atoms with E-state index in [1.165, 1.54) is 6.33 Å². The van der Waals surface area contributed by atoms with Crippen molar-refractivity contribution in [3.63, 3.8) is 0 Å². The fraction of sp³-hybridized carbons (Fsp3) is 0.154. The first-order valence-electron chi connectivity index (χ1n) is 5.66. The molecule has 0 aliphatic rings. The number of hydrogen-bond acceptors (Lipinski definition) is 5. The van der Waals surface area contributed by atoms with Gasteiger partial charge in [-0.2, -0.15) is 0 Å². The lowest BCUT2D eigenvalue weighted by Gasteiger charge is -2.09. The van der Waals surface area contributed by atoms with Gasteiger partial charge in [0, 0.05) is 11.4 Å². The molecule has 6 nitrogen and oxygen atoms in total. The van der Waals surface area contributed by atoms with Crippen LogP contribution < -0.4 is 15.6 Å². The fourth-order valence-electron chi connectivity index (χ4n) is 1.65. The van der Waals surface area contributed by atoms with Gasteiger partial charge in [-0.25, -0.2) is 4.98 Å². The van der Waals surface area contributed by atoms with Crippen LogP contribution in [-0.2, 0) is 0 Å². The molecule has 0 aliphatic heterocycles. The second-order valence-corrected chi connectivity index (χ2v) is 3.93. The van der Waals surface area contributed by atoms with E-state index in [0.717, 1.165) is 11.4 Å². The highest BCUT2D eigenvalue weighted by molar-refractivity contribution is 6.00. The Hall–Kier alpha value is -2.63. The van der Waals surface area contributed by atoms with E-state index >= 15 is 0 Å². The molecular formula is C13H14N4O2. The molecule has 2 aromatic rings. The molecule has 1 aromatic carbocycles. The molecule has 0 saturated carbocycles. The Labute approximate surface area is 110 Å². The molecule has 0 saturated heterocycles. The zero-order valence-corrected chi connectivity index (χ0v) is 10.7. The summed E-state index contributed by atoms with van der Waals surface area (Å²) in [5, 5.41) is 10.6. The third-order valence-electron chi connectivity index (χ3n) is 2.58. The van der Waals surface area contributed by atoms with E-state index in [-0.39, 0.29) is 16.8 Å². The van der Waals surface area contributed by atoms with Crippen LogP contribution in [0.15, 0.2) is 35.4 Å². The van der Waals surface area contributed by atoms with E-state index in [1.54, 1.807) is 26.2 Å². The van der Waals surface area contributed by atoms with E-state index in [1.807, 2.05) is 12.1 Å². The smallest absolute Gasteiger partial charge is 0.261 e. The number of H-pyrrole nitrogens is 1. The quantitative estimate of drug-likeness (QED) is 0.730. The molecule has 0 fully saturated rings. The Bertz CT molecular complexity index is 646. The molecular weight excluding hydrogens is 244 g/mol. The van der Waals surface area contributed by atoms with E-state index < -0.39 is 0 Å². The second-order valence-electron chi connectivity index (χ2n) is 3.93. The summed E-state index contributed by atoms with van der Waals surface area (Å²) in [6.45, 7) is 1.55. The number of hydrogen-bond donors (Lipinski definition) is 3. The van der Waals surface area contributed by atoms with Crippen molar-refractivity contribution in [1.82, 2.24) is 9.97 Å². The number of rotatable bonds is 4. The van der Waals surface area contributed by atoms with Crippen LogP contribution in [0.5, 0.6) is 5.75 Å². The maximum Gasteiger partial charge on any atom is 0.261 e. The normalized spacial score (nSPS) is 10.0. The van der Waals surface area contributed by atoms with Crippen LogP contribution in [-0.4, -0.2) is 22.8 Å². The van der Waals surface area contributed by atoms with Gasteiger partial charge in [0.15, 0.2) is 0 Å². The highest BCUT2D eigenvalue weighted by atomic mass is 16.5. The number of benzene rings is 1. The largest absolute Gasteiger partial charge is 0.497 e. The first-order valence-corrected chi connectivity index (χ1v) is 5.66. The summed E-state index contributed by atoms with van der Waals surface area (Å²) >= 11 is 0. The molecule has 0 unspecified atom stereocenters. The van der Waals surface area contributed by atoms with Crippen molar-refractivity contribution in [2.45, 2.75) is 6.92 Å². The van der Waals surface area contributed by atoms with Gasteiger partial charge in [-0.3, -0.25) is 4.79 Å². The van der Waals surface area contributed by atoms with Gasteiger partial charge in [-0.05, 0) is 31.2 Å². The molecule has 3 N–H and O–H groups in total. The predicted octanol–water partition coefficient (Wildman–Crippen LogP) is 1.91. The summed E-state index contributed by atoms with van der Waals surface area (Å²) < 4.78 is 5.07. The van der Waals surface area contributed by atoms with Crippen LogP contribution in [0.2, 0.25) is 0 Å². The minimum atomic E-state index is -0.335. The van der Waals surface area contributed by atoms with E-state index in [9.17, 15) is 4.79 Å². The highest BCUT2D eigenvalue weighted by Gasteiger charge is 2.10. The molecule has 0 atom stereocenters. The van der Waals surface area contributed by atoms with Crippen molar-refractivity contribution < 1.29 is 4.74 Å². The average Bonchev–Trinajstić information content (AvgIpc) is 2.39. The van der Waals surface area contributed by atoms with Gasteiger partial charge in [0.2, 0.25) is 0 Å². The van der Waals surface area contributed by atoms with Crippen LogP contribution in [0.1, 0.15) is 12.5 Å². The molecule has 1 heterocycles. The molecule has 6 heteroatoms. The van der Waals surface area contributed by atoms with Crippen molar-refractivity contribution in [3.05, 3.63) is 46.5 Å². The predicted molar refractivity (Wildman–Crippen MR) is 73.6 cm³/mol. The van der Waals surface area contributed by atoms with Crippen molar-refractivity contribution in [2.24, 2.45) is 0 Å². The number of ether oxygens (including phenoxy) is 1. The van der Waals surface area contributed by atoms with Gasteiger partial charge in [-0.1, -0.05) is 0 Å². The highest BCUT2D eigenvalue weighted by Crippen LogP contribution is 2.19. The Morgan fingerprint density at radius 1 is 1.37 bits per heavy atom. The lowest BCUT2D eigenvalue weighted by Crippen LogP contribution is -2.19. The molecule has 0 spiro atoms. The first kappa shape index (κ1) is 12.8. The number of aromatic nitrogens is 2. The summed E-state index contributed by atoms with van der Waals surface area (Å²) in [5.74, 6) is 1.11. The van der Waals surface area contributed by atoms with Gasteiger partial charge >= 0.3 is 0 Å². The molecule has 0 bridgehead atoms. The van der Waals surface area contributed by atoms with E-state index in [4.69, 9.17) is 10.1 Å². The van der Waals surface area contributed by atoms with Gasteiger partial charge in [0.05, 0.1) is 13.4 Å². The van der Waals surface area contributed by atoms with Crippen LogP contribution in [0, 0.1) is 5.41 Å². The Morgan fingerprint density at radius 2 is 2.05 bits per heavy atom. The van der Waals surface area contributed by atoms with E-state index in [0.29, 0.717) is 5.82 Å². The Kier molecular flexibility index (Phi) is 3.61. The van der Waals surface area contributed by atoms with Crippen LogP contribution in [0.3, 0.4) is 0 Å². The van der Waals surface area contributed by atoms with Crippen LogP contribution in [0.4, 0.5) is 11.5 Å². The van der Waals surface area contributed by atoms with Crippen molar-refractivity contribution in [3.8, 4) is 5.75 Å². The van der Waals surface area contributed by atoms with Gasteiger partial charge in [-0.15, -0.1) is 0 Å². The van der Waals surface area contributed by atoms with Crippen molar-refractivity contribution in [2.75, 3.05) is 12.4 Å². The topological polar surface area (TPSA) is 90.9 Å². The van der Waals surface area contributed by atoms with Crippen molar-refractivity contribution in [1.29, 1.82) is 5.41 Å². The maximum absolute atomic E-state index is 11.7. The molecule has 1 aromatic heterocycles. The van der Waals surface area contributed by atoms with Gasteiger partial charge < -0.3 is 20.4 Å². The zero-order valence-electron chi connectivity index (χ0n) is 10.7. The molecule has 0 aliphatic carbocycles. The minimum Gasteiger partial charge on any atom is -0.497 e.